The van der Waals surface area contributed by atoms with Crippen LogP contribution in [0.3, 0.4) is 0 Å². The molecule has 6 aliphatic rings. The number of rotatable bonds is 12. The maximum Gasteiger partial charge on any atom is 0.454 e. The fourth-order valence-corrected chi connectivity index (χ4v) is 9.86. The number of nitriles is 2. The van der Waals surface area contributed by atoms with E-state index < -0.39 is 7.12 Å². The van der Waals surface area contributed by atoms with Crippen molar-refractivity contribution in [3.05, 3.63) is 129 Å². The second kappa shape index (κ2) is 20.1. The summed E-state index contributed by atoms with van der Waals surface area (Å²) in [6, 6.07) is 35.6. The Bertz CT molecular complexity index is 2320. The van der Waals surface area contributed by atoms with E-state index in [1.807, 2.05) is 78.9 Å². The number of carbonyl (C=O) groups excluding carboxylic acids is 2. The molecular weight excluding hydrogens is 875 g/mol. The van der Waals surface area contributed by atoms with Gasteiger partial charge < -0.3 is 39.6 Å². The van der Waals surface area contributed by atoms with Gasteiger partial charge in [0.2, 0.25) is 0 Å². The SMILES string of the molecule is N#Cc1ccc(Br)cc1OC1CC2(CC(NC(=O)OCc3ccccc3)C2)C1.N#Cc1ccc(C2CC2)cc1OC1CC2(CC(NC(=O)OCc3ccccc3)C2)C1.OB(O)C1CC1. The Morgan fingerprint density at radius 2 is 1.09 bits per heavy atom. The highest BCUT2D eigenvalue weighted by Gasteiger charge is 2.55. The minimum absolute atomic E-state index is 0.132. The second-order valence-electron chi connectivity index (χ2n) is 18.6. The molecule has 332 valence electrons. The van der Waals surface area contributed by atoms with E-state index in [9.17, 15) is 20.1 Å². The number of ether oxygens (including phenoxy) is 4. The molecule has 0 heterocycles. The van der Waals surface area contributed by atoms with Gasteiger partial charge in [0.25, 0.3) is 0 Å². The quantitative estimate of drug-likeness (QED) is 0.0999. The van der Waals surface area contributed by atoms with Crippen LogP contribution in [0, 0.1) is 33.5 Å². The van der Waals surface area contributed by atoms with Crippen LogP contribution in [0.2, 0.25) is 5.82 Å². The lowest BCUT2D eigenvalue weighted by Crippen LogP contribution is -2.58. The first kappa shape index (κ1) is 45.0. The molecule has 0 bridgehead atoms. The van der Waals surface area contributed by atoms with Gasteiger partial charge in [0.1, 0.15) is 36.9 Å². The van der Waals surface area contributed by atoms with E-state index in [0.29, 0.717) is 29.4 Å². The Morgan fingerprint density at radius 3 is 1.50 bits per heavy atom. The topological polar surface area (TPSA) is 183 Å². The number of carbonyl (C=O) groups is 2. The molecule has 0 aliphatic heterocycles. The summed E-state index contributed by atoms with van der Waals surface area (Å²) >= 11 is 3.42. The molecule has 14 heteroatoms. The Hall–Kier alpha value is -5.54. The summed E-state index contributed by atoms with van der Waals surface area (Å²) in [5.41, 5.74) is 4.97. The van der Waals surface area contributed by atoms with Crippen LogP contribution in [0.25, 0.3) is 0 Å². The second-order valence-corrected chi connectivity index (χ2v) is 19.5. The largest absolute Gasteiger partial charge is 0.489 e. The van der Waals surface area contributed by atoms with Gasteiger partial charge >= 0.3 is 19.3 Å². The molecule has 6 saturated carbocycles. The van der Waals surface area contributed by atoms with E-state index in [1.54, 1.807) is 6.07 Å². The van der Waals surface area contributed by atoms with Gasteiger partial charge in [-0.3, -0.25) is 0 Å². The molecule has 2 amide bonds. The van der Waals surface area contributed by atoms with E-state index in [1.165, 1.54) is 18.4 Å². The summed E-state index contributed by atoms with van der Waals surface area (Å²) in [4.78, 5) is 24.0. The van der Waals surface area contributed by atoms with Crippen molar-refractivity contribution in [1.82, 2.24) is 10.6 Å². The standard InChI is InChI=1S/C25H26N2O3.C22H21BrN2O3.C3H7BO2/c26-15-20-9-8-19(18-6-7-18)10-23(20)30-22-13-25(14-22)11-21(12-25)27-24(28)29-16-17-4-2-1-3-5-17;23-17-7-6-16(13-24)20(8-17)28-19-11-22(12-19)9-18(10-22)25-21(26)27-14-15-4-2-1-3-5-15;5-4(6)3-1-2-3/h1-5,8-10,18,21-22H,6-7,11-14,16H2,(H,27,28);1-8,18-19H,9-12,14H2,(H,25,26);3,5-6H,1-2H2. The van der Waals surface area contributed by atoms with Crippen LogP contribution in [0.5, 0.6) is 11.5 Å². The first-order valence-electron chi connectivity index (χ1n) is 22.4. The van der Waals surface area contributed by atoms with E-state index in [-0.39, 0.29) is 59.7 Å². The normalized spacial score (nSPS) is 25.5. The molecule has 4 aromatic carbocycles. The third-order valence-corrected chi connectivity index (χ3v) is 13.8. The lowest BCUT2D eigenvalue weighted by Gasteiger charge is -2.57. The Labute approximate surface area is 383 Å². The summed E-state index contributed by atoms with van der Waals surface area (Å²) in [6.07, 6.45) is 11.8. The summed E-state index contributed by atoms with van der Waals surface area (Å²) in [5, 5.41) is 41.0. The van der Waals surface area contributed by atoms with E-state index in [0.717, 1.165) is 85.6 Å². The molecule has 4 N–H and O–H groups in total. The molecular formula is C50H54BBrN4O8. The Morgan fingerprint density at radius 1 is 0.641 bits per heavy atom. The number of benzene rings is 4. The van der Waals surface area contributed by atoms with Crippen LogP contribution in [-0.4, -0.2) is 53.6 Å². The van der Waals surface area contributed by atoms with Crippen molar-refractivity contribution in [2.24, 2.45) is 10.8 Å². The molecule has 0 aromatic heterocycles. The maximum absolute atomic E-state index is 12.0. The molecule has 10 rings (SSSR count). The molecule has 0 radical (unpaired) electrons. The van der Waals surface area contributed by atoms with Crippen molar-refractivity contribution in [3.8, 4) is 23.6 Å². The first-order chi connectivity index (χ1) is 31.0. The predicted octanol–water partition coefficient (Wildman–Crippen LogP) is 9.61. The zero-order valence-electron chi connectivity index (χ0n) is 35.8. The van der Waals surface area contributed by atoms with Crippen LogP contribution < -0.4 is 20.1 Å². The Balaban J connectivity index is 0.000000155. The van der Waals surface area contributed by atoms with Gasteiger partial charge in [-0.15, -0.1) is 0 Å². The van der Waals surface area contributed by atoms with Crippen LogP contribution >= 0.6 is 15.9 Å². The molecule has 6 fully saturated rings. The predicted molar refractivity (Wildman–Crippen MR) is 243 cm³/mol. The molecule has 6 aliphatic carbocycles. The lowest BCUT2D eigenvalue weighted by atomic mass is 9.53. The van der Waals surface area contributed by atoms with Crippen molar-refractivity contribution >= 4 is 35.2 Å². The van der Waals surface area contributed by atoms with Crippen LogP contribution in [0.4, 0.5) is 9.59 Å². The molecule has 64 heavy (non-hydrogen) atoms. The molecule has 0 atom stereocenters. The highest BCUT2D eigenvalue weighted by Crippen LogP contribution is 2.58. The number of nitrogens with zero attached hydrogens (tertiary/aromatic N) is 2. The average molecular weight is 930 g/mol. The Kier molecular flexibility index (Phi) is 14.2. The van der Waals surface area contributed by atoms with Gasteiger partial charge in [0.15, 0.2) is 0 Å². The minimum atomic E-state index is -1.04. The summed E-state index contributed by atoms with van der Waals surface area (Å²) < 4.78 is 23.7. The number of hydrogen-bond donors (Lipinski definition) is 4. The number of halogens is 1. The van der Waals surface area contributed by atoms with Crippen molar-refractivity contribution in [3.63, 3.8) is 0 Å². The third-order valence-electron chi connectivity index (χ3n) is 13.3. The van der Waals surface area contributed by atoms with Gasteiger partial charge in [-0.25, -0.2) is 9.59 Å². The third kappa shape index (κ3) is 12.0. The van der Waals surface area contributed by atoms with Crippen molar-refractivity contribution < 1.29 is 38.6 Å². The van der Waals surface area contributed by atoms with E-state index >= 15 is 0 Å². The molecule has 0 unspecified atom stereocenters. The minimum Gasteiger partial charge on any atom is -0.489 e. The summed E-state index contributed by atoms with van der Waals surface area (Å²) in [5.74, 6) is 2.23. The van der Waals surface area contributed by atoms with Crippen LogP contribution in [0.15, 0.2) is 102 Å². The van der Waals surface area contributed by atoms with Crippen molar-refractivity contribution in [1.29, 1.82) is 10.5 Å². The molecule has 12 nitrogen and oxygen atoms in total. The van der Waals surface area contributed by atoms with Crippen LogP contribution in [0.1, 0.15) is 111 Å². The first-order valence-corrected chi connectivity index (χ1v) is 23.2. The van der Waals surface area contributed by atoms with Crippen molar-refractivity contribution in [2.75, 3.05) is 0 Å². The zero-order chi connectivity index (χ0) is 44.7. The number of nitrogens with one attached hydrogen (secondary N) is 2. The average Bonchev–Trinajstić information content (AvgIpc) is 4.18. The van der Waals surface area contributed by atoms with Gasteiger partial charge in [0.05, 0.1) is 23.3 Å². The van der Waals surface area contributed by atoms with Gasteiger partial charge in [-0.1, -0.05) is 95.5 Å². The molecule has 4 aromatic rings. The smallest absolute Gasteiger partial charge is 0.454 e. The van der Waals surface area contributed by atoms with Gasteiger partial charge in [0, 0.05) is 16.6 Å². The fraction of sp³-hybridized carbons (Fsp3) is 0.440. The zero-order valence-corrected chi connectivity index (χ0v) is 37.4. The number of alkyl carbamates (subject to hydrolysis) is 2. The highest BCUT2D eigenvalue weighted by molar-refractivity contribution is 9.10. The maximum atomic E-state index is 12.0. The molecule has 0 saturated heterocycles. The van der Waals surface area contributed by atoms with Crippen LogP contribution in [-0.2, 0) is 22.7 Å². The van der Waals surface area contributed by atoms with E-state index in [4.69, 9.17) is 29.0 Å². The number of hydrogen-bond acceptors (Lipinski definition) is 10. The number of amides is 2. The summed E-state index contributed by atoms with van der Waals surface area (Å²) in [7, 11) is -1.04. The lowest BCUT2D eigenvalue weighted by molar-refractivity contribution is -0.0848. The van der Waals surface area contributed by atoms with Crippen molar-refractivity contribution in [2.45, 2.75) is 126 Å². The van der Waals surface area contributed by atoms with E-state index in [2.05, 4.69) is 50.8 Å². The fourth-order valence-electron chi connectivity index (χ4n) is 9.52. The summed E-state index contributed by atoms with van der Waals surface area (Å²) in [6.45, 7) is 0.579. The molecule has 2 spiro atoms. The monoisotopic (exact) mass is 928 g/mol. The highest BCUT2D eigenvalue weighted by atomic mass is 79.9. The van der Waals surface area contributed by atoms with Gasteiger partial charge in [-0.05, 0) is 134 Å². The van der Waals surface area contributed by atoms with Gasteiger partial charge in [-0.2, -0.15) is 10.5 Å².